The minimum Gasteiger partial charge on any atom is -0.462 e. The summed E-state index contributed by atoms with van der Waals surface area (Å²) in [5.41, 5.74) is -0.147. The summed E-state index contributed by atoms with van der Waals surface area (Å²) in [6.07, 6.45) is -0.414. The molecule has 0 saturated heterocycles. The zero-order chi connectivity index (χ0) is 20.2. The normalized spacial score (nSPS) is 11.3. The van der Waals surface area contributed by atoms with E-state index < -0.39 is 33.6 Å². The Balaban J connectivity index is 2.52. The molecule has 8 nitrogen and oxygen atoms in total. The summed E-state index contributed by atoms with van der Waals surface area (Å²) in [6, 6.07) is 11.0. The molecule has 10 heteroatoms. The van der Waals surface area contributed by atoms with Crippen LogP contribution >= 0.6 is 15.9 Å². The smallest absolute Gasteiger partial charge is 0.327 e. The highest BCUT2D eigenvalue weighted by atomic mass is 79.9. The van der Waals surface area contributed by atoms with Gasteiger partial charge in [-0.15, -0.1) is 0 Å². The molecule has 0 bridgehead atoms. The van der Waals surface area contributed by atoms with Crippen molar-refractivity contribution in [1.82, 2.24) is 0 Å². The van der Waals surface area contributed by atoms with Crippen LogP contribution < -0.4 is 4.31 Å². The van der Waals surface area contributed by atoms with Crippen molar-refractivity contribution in [2.75, 3.05) is 10.8 Å². The van der Waals surface area contributed by atoms with Crippen molar-refractivity contribution in [2.24, 2.45) is 0 Å². The Morgan fingerprint density at radius 2 is 1.89 bits per heavy atom. The molecule has 2 aromatic carbocycles. The highest BCUT2D eigenvalue weighted by molar-refractivity contribution is 9.10. The molecule has 0 aliphatic carbocycles. The zero-order valence-electron chi connectivity index (χ0n) is 14.5. The number of non-ortho nitro benzene ring substituents is 1. The van der Waals surface area contributed by atoms with E-state index in [9.17, 15) is 23.3 Å². The second-order valence-electron chi connectivity index (χ2n) is 5.78. The van der Waals surface area contributed by atoms with Crippen LogP contribution in [-0.4, -0.2) is 32.0 Å². The number of rotatable bonds is 7. The summed E-state index contributed by atoms with van der Waals surface area (Å²) < 4.78 is 32.8. The van der Waals surface area contributed by atoms with E-state index >= 15 is 0 Å². The molecular formula is C17H17BrN2O6S. The van der Waals surface area contributed by atoms with Gasteiger partial charge in [0.25, 0.3) is 15.7 Å². The van der Waals surface area contributed by atoms with Crippen LogP contribution in [0.2, 0.25) is 0 Å². The van der Waals surface area contributed by atoms with Crippen molar-refractivity contribution in [3.05, 3.63) is 63.1 Å². The molecule has 0 saturated carbocycles. The number of sulfonamides is 1. The number of benzene rings is 2. The summed E-state index contributed by atoms with van der Waals surface area (Å²) in [6.45, 7) is 2.73. The molecule has 0 unspecified atom stereocenters. The van der Waals surface area contributed by atoms with Crippen LogP contribution in [0.4, 0.5) is 11.4 Å². The minimum absolute atomic E-state index is 0.219. The van der Waals surface area contributed by atoms with Gasteiger partial charge in [0, 0.05) is 16.6 Å². The van der Waals surface area contributed by atoms with Gasteiger partial charge in [-0.3, -0.25) is 19.2 Å². The van der Waals surface area contributed by atoms with Gasteiger partial charge in [0.2, 0.25) is 0 Å². The molecule has 0 aliphatic heterocycles. The lowest BCUT2D eigenvalue weighted by molar-refractivity contribution is -0.385. The van der Waals surface area contributed by atoms with E-state index in [-0.39, 0.29) is 16.3 Å². The Morgan fingerprint density at radius 3 is 2.48 bits per heavy atom. The third-order valence-corrected chi connectivity index (χ3v) is 5.62. The lowest BCUT2D eigenvalue weighted by atomic mass is 10.3. The number of ether oxygens (including phenoxy) is 1. The average Bonchev–Trinajstić information content (AvgIpc) is 2.59. The van der Waals surface area contributed by atoms with Gasteiger partial charge in [-0.05, 0) is 38.1 Å². The first kappa shape index (κ1) is 20.8. The number of carbonyl (C=O) groups is 1. The number of halogens is 1. The van der Waals surface area contributed by atoms with Gasteiger partial charge in [0.1, 0.15) is 6.54 Å². The van der Waals surface area contributed by atoms with Crippen LogP contribution in [0, 0.1) is 10.1 Å². The third-order valence-electron chi connectivity index (χ3n) is 3.35. The summed E-state index contributed by atoms with van der Waals surface area (Å²) in [5, 5.41) is 11.0. The third kappa shape index (κ3) is 5.27. The summed E-state index contributed by atoms with van der Waals surface area (Å²) >= 11 is 3.26. The monoisotopic (exact) mass is 456 g/mol. The van der Waals surface area contributed by atoms with Gasteiger partial charge in [0.05, 0.1) is 21.6 Å². The first-order valence-corrected chi connectivity index (χ1v) is 10.1. The van der Waals surface area contributed by atoms with E-state index in [0.717, 1.165) is 10.4 Å². The number of anilines is 1. The van der Waals surface area contributed by atoms with Crippen LogP contribution in [0.1, 0.15) is 13.8 Å². The largest absolute Gasteiger partial charge is 0.462 e. The van der Waals surface area contributed by atoms with Crippen LogP contribution in [0.15, 0.2) is 57.9 Å². The van der Waals surface area contributed by atoms with E-state index in [2.05, 4.69) is 15.9 Å². The minimum atomic E-state index is -4.25. The average molecular weight is 457 g/mol. The molecule has 0 fully saturated rings. The van der Waals surface area contributed by atoms with Crippen LogP contribution in [0.5, 0.6) is 0 Å². The molecule has 144 valence electrons. The van der Waals surface area contributed by atoms with E-state index in [1.807, 2.05) is 0 Å². The fourth-order valence-electron chi connectivity index (χ4n) is 2.25. The number of carbonyl (C=O) groups excluding carboxylic acids is 1. The van der Waals surface area contributed by atoms with Crippen LogP contribution in [0.3, 0.4) is 0 Å². The van der Waals surface area contributed by atoms with Crippen molar-refractivity contribution >= 4 is 43.3 Å². The Hall–Kier alpha value is -2.46. The van der Waals surface area contributed by atoms with Gasteiger partial charge < -0.3 is 4.74 Å². The first-order chi connectivity index (χ1) is 12.6. The Bertz CT molecular complexity index is 961. The quantitative estimate of drug-likeness (QED) is 0.358. The van der Waals surface area contributed by atoms with Crippen LogP contribution in [0.25, 0.3) is 0 Å². The summed E-state index contributed by atoms with van der Waals surface area (Å²) in [4.78, 5) is 22.1. The van der Waals surface area contributed by atoms with Crippen molar-refractivity contribution < 1.29 is 22.9 Å². The maximum Gasteiger partial charge on any atom is 0.327 e. The second kappa shape index (κ2) is 8.49. The topological polar surface area (TPSA) is 107 Å². The second-order valence-corrected chi connectivity index (χ2v) is 8.56. The lowest BCUT2D eigenvalue weighted by Crippen LogP contribution is -2.37. The number of hydrogen-bond donors (Lipinski definition) is 0. The van der Waals surface area contributed by atoms with Crippen molar-refractivity contribution in [2.45, 2.75) is 24.8 Å². The Labute approximate surface area is 165 Å². The van der Waals surface area contributed by atoms with Crippen molar-refractivity contribution in [3.63, 3.8) is 0 Å². The van der Waals surface area contributed by atoms with Gasteiger partial charge in [-0.25, -0.2) is 8.42 Å². The SMILES string of the molecule is CC(C)OC(=O)CN(c1cccc(Br)c1)S(=O)(=O)c1cccc([N+](=O)[O-])c1. The number of esters is 1. The Morgan fingerprint density at radius 1 is 1.22 bits per heavy atom. The maximum absolute atomic E-state index is 13.1. The molecule has 2 aromatic rings. The molecule has 0 heterocycles. The molecule has 27 heavy (non-hydrogen) atoms. The lowest BCUT2D eigenvalue weighted by Gasteiger charge is -2.24. The standard InChI is InChI=1S/C17H17BrN2O6S/c1-12(2)26-17(21)11-19(14-6-3-5-13(18)9-14)27(24,25)16-8-4-7-15(10-16)20(22)23/h3-10,12H,11H2,1-2H3. The highest BCUT2D eigenvalue weighted by Crippen LogP contribution is 2.28. The van der Waals surface area contributed by atoms with E-state index in [4.69, 9.17) is 4.74 Å². The number of nitro benzene ring substituents is 1. The van der Waals surface area contributed by atoms with Gasteiger partial charge >= 0.3 is 5.97 Å². The number of hydrogen-bond acceptors (Lipinski definition) is 6. The maximum atomic E-state index is 13.1. The molecule has 0 radical (unpaired) electrons. The van der Waals surface area contributed by atoms with E-state index in [1.165, 1.54) is 30.3 Å². The van der Waals surface area contributed by atoms with Crippen molar-refractivity contribution in [3.8, 4) is 0 Å². The summed E-state index contributed by atoms with van der Waals surface area (Å²) in [5.74, 6) is -0.737. The van der Waals surface area contributed by atoms with E-state index in [0.29, 0.717) is 4.47 Å². The van der Waals surface area contributed by atoms with Crippen molar-refractivity contribution in [1.29, 1.82) is 0 Å². The van der Waals surface area contributed by atoms with Gasteiger partial charge in [-0.2, -0.15) is 0 Å². The molecule has 0 amide bonds. The molecule has 0 N–H and O–H groups in total. The fraction of sp³-hybridized carbons (Fsp3) is 0.235. The molecule has 2 rings (SSSR count). The van der Waals surface area contributed by atoms with E-state index in [1.54, 1.807) is 26.0 Å². The van der Waals surface area contributed by atoms with Gasteiger partial charge in [0.15, 0.2) is 0 Å². The molecule has 0 aliphatic rings. The predicted octanol–water partition coefficient (Wildman–Crippen LogP) is 3.50. The fourth-order valence-corrected chi connectivity index (χ4v) is 4.08. The van der Waals surface area contributed by atoms with Crippen LogP contribution in [-0.2, 0) is 19.6 Å². The summed E-state index contributed by atoms with van der Waals surface area (Å²) in [7, 11) is -4.25. The first-order valence-electron chi connectivity index (χ1n) is 7.83. The zero-order valence-corrected chi connectivity index (χ0v) is 16.9. The molecule has 0 spiro atoms. The molecule has 0 atom stereocenters. The highest BCUT2D eigenvalue weighted by Gasteiger charge is 2.29. The Kier molecular flexibility index (Phi) is 6.55. The van der Waals surface area contributed by atoms with Gasteiger partial charge in [-0.1, -0.05) is 28.1 Å². The molecular weight excluding hydrogens is 440 g/mol. The predicted molar refractivity (Wildman–Crippen MR) is 103 cm³/mol. The number of nitro groups is 1. The molecule has 0 aromatic heterocycles. The number of nitrogens with zero attached hydrogens (tertiary/aromatic N) is 2.